The second kappa shape index (κ2) is 61.7. The minimum Gasteiger partial charge on any atom is -0.659 e. The summed E-state index contributed by atoms with van der Waals surface area (Å²) in [6.07, 6.45) is 9.81. The van der Waals surface area contributed by atoms with Gasteiger partial charge in [-0.3, -0.25) is 30.3 Å². The second-order valence-electron chi connectivity index (χ2n) is 13.0. The summed E-state index contributed by atoms with van der Waals surface area (Å²) in [6.45, 7) is 5.79. The molecule has 3 radical (unpaired) electrons. The van der Waals surface area contributed by atoms with E-state index in [1.807, 2.05) is 12.2 Å². The number of aliphatic carboxylic acids is 2. The van der Waals surface area contributed by atoms with Gasteiger partial charge in [0.25, 0.3) is 17.1 Å². The van der Waals surface area contributed by atoms with E-state index in [2.05, 4.69) is 30.7 Å². The van der Waals surface area contributed by atoms with Crippen LogP contribution in [0.15, 0.2) is 138 Å². The van der Waals surface area contributed by atoms with E-state index < -0.39 is 26.7 Å². The molecule has 21 nitrogen and oxygen atoms in total. The number of nitrogens with one attached hydrogen (secondary N) is 2. The van der Waals surface area contributed by atoms with E-state index in [9.17, 15) is 49.5 Å². The zero-order valence-electron chi connectivity index (χ0n) is 41.7. The molecule has 0 aromatic heterocycles. The number of nitro benzene ring substituents is 3. The van der Waals surface area contributed by atoms with Crippen LogP contribution < -0.4 is 10.6 Å². The van der Waals surface area contributed by atoms with Crippen molar-refractivity contribution in [2.45, 2.75) is 55.4 Å². The van der Waals surface area contributed by atoms with Gasteiger partial charge in [0.1, 0.15) is 0 Å². The predicted octanol–water partition coefficient (Wildman–Crippen LogP) is 10.8. The number of methoxy groups -OCH3 is 2. The molecule has 0 amide bonds. The van der Waals surface area contributed by atoms with Gasteiger partial charge in [-0.05, 0) is 38.8 Å². The molecule has 3 aromatic carbocycles. The number of rotatable bonds is 7. The summed E-state index contributed by atoms with van der Waals surface area (Å²) in [5, 5.41) is 61.1. The third-order valence-electron chi connectivity index (χ3n) is 8.49. The zero-order valence-corrected chi connectivity index (χ0v) is 50.2. The number of esters is 2. The van der Waals surface area contributed by atoms with Gasteiger partial charge in [-0.15, -0.1) is 26.2 Å². The maximum atomic E-state index is 10.8. The Morgan fingerprint density at radius 1 is 0.474 bits per heavy atom. The summed E-state index contributed by atoms with van der Waals surface area (Å²) in [7, 11) is 2.81. The number of carbonyl (C=O) groups is 4. The van der Waals surface area contributed by atoms with Crippen LogP contribution in [-0.4, -0.2) is 115 Å². The standard InChI is InChI=1S/C7H11NO2.C7H10NO2.C6H9NO2.C6H8NO2.3C6H5NO2.4CH4.4CH3.3Y/c2*1-10-7(9)6-2-4-8-5-3-6;2*8-6(9)5-1-3-7-4-2-5;3*8-7(9)6-4-2-1-3-5-6;;;;;;;;;;;/h2,8H,3-5H2,1H3;2H,3-5H2,1H3;1,7H,2-4H2,(H,8,9);1H,2-4H2,(H,8,9);3*1-5H;4*1H4;4*1H3;;;/q;-1;;-1;;;;;;;;4*-1;;;. The van der Waals surface area contributed by atoms with E-state index >= 15 is 0 Å². The van der Waals surface area contributed by atoms with Crippen LogP contribution in [0, 0.1) is 60.0 Å². The largest absolute Gasteiger partial charge is 0.659 e. The van der Waals surface area contributed by atoms with Crippen LogP contribution in [0.2, 0.25) is 0 Å². The molecule has 7 rings (SSSR count). The van der Waals surface area contributed by atoms with Gasteiger partial charge in [0.05, 0.1) is 29.0 Å². The number of hydrogen-bond acceptors (Lipinski definition) is 14. The molecule has 0 aliphatic carbocycles. The topological polar surface area (TPSA) is 309 Å². The molecule has 4 aliphatic rings. The fourth-order valence-corrected chi connectivity index (χ4v) is 5.05. The van der Waals surface area contributed by atoms with E-state index in [1.165, 1.54) is 50.6 Å². The molecule has 0 unspecified atom stereocenters. The van der Waals surface area contributed by atoms with Gasteiger partial charge in [0.15, 0.2) is 0 Å². The van der Waals surface area contributed by atoms with Crippen molar-refractivity contribution in [2.75, 3.05) is 66.6 Å². The van der Waals surface area contributed by atoms with E-state index in [1.54, 1.807) is 66.7 Å². The number of para-hydroxylation sites is 3. The van der Waals surface area contributed by atoms with E-state index in [-0.39, 0.29) is 187 Å². The zero-order chi connectivity index (χ0) is 48.2. The number of carboxylic acids is 2. The van der Waals surface area contributed by atoms with Crippen LogP contribution in [0.5, 0.6) is 0 Å². The number of carbonyl (C=O) groups excluding carboxylic acids is 2. The first-order valence-corrected chi connectivity index (χ1v) is 19.9. The van der Waals surface area contributed by atoms with Crippen LogP contribution in [0.3, 0.4) is 0 Å². The summed E-state index contributed by atoms with van der Waals surface area (Å²) in [5.41, 5.74) is 3.00. The van der Waals surface area contributed by atoms with Crippen molar-refractivity contribution < 1.29 is 152 Å². The maximum absolute atomic E-state index is 10.8. The van der Waals surface area contributed by atoms with Gasteiger partial charge in [-0.1, -0.05) is 109 Å². The minimum absolute atomic E-state index is 0. The van der Waals surface area contributed by atoms with Crippen LogP contribution in [0.4, 0.5) is 17.1 Å². The second-order valence-corrected chi connectivity index (χ2v) is 13.0. The molecule has 0 saturated carbocycles. The van der Waals surface area contributed by atoms with Crippen molar-refractivity contribution >= 4 is 40.9 Å². The Morgan fingerprint density at radius 2 is 0.737 bits per heavy atom. The molecule has 4 heterocycles. The molecule has 0 saturated heterocycles. The van der Waals surface area contributed by atoms with E-state index in [0.717, 1.165) is 50.2 Å². The predicted molar refractivity (Wildman–Crippen MR) is 294 cm³/mol. The fourth-order valence-electron chi connectivity index (χ4n) is 5.05. The summed E-state index contributed by atoms with van der Waals surface area (Å²) < 4.78 is 9.10. The molecular formula is C52H81N7O14Y3-6. The summed E-state index contributed by atoms with van der Waals surface area (Å²) in [5.74, 6) is -1.99. The average molecular weight is 1290 g/mol. The van der Waals surface area contributed by atoms with Crippen molar-refractivity contribution in [2.24, 2.45) is 0 Å². The van der Waals surface area contributed by atoms with Gasteiger partial charge < -0.3 is 70.7 Å². The first-order valence-electron chi connectivity index (χ1n) is 19.9. The first-order chi connectivity index (χ1) is 31.2. The van der Waals surface area contributed by atoms with Crippen LogP contribution >= 0.6 is 0 Å². The van der Waals surface area contributed by atoms with Gasteiger partial charge in [0.2, 0.25) is 0 Å². The van der Waals surface area contributed by atoms with Crippen molar-refractivity contribution in [3.05, 3.63) is 208 Å². The van der Waals surface area contributed by atoms with E-state index in [0.29, 0.717) is 50.2 Å². The molecule has 423 valence electrons. The number of nitro groups is 3. The SMILES string of the molecule is C.C.C.C.COC(=O)C1=CCNCC1.COC(=O)C1=CC[N-]CC1.O=C(O)C1=CCNCC1.O=C(O)C1=CC[N-]CC1.O=[N+]([O-])c1ccccc1.O=[N+]([O-])c1ccccc1.O=[N+]([O-])c1ccccc1.[CH3-].[CH3-].[CH3-].[CH3-].[Y].[Y].[Y]. The first kappa shape index (κ1) is 97.4. The normalized spacial score (nSPS) is 12.3. The number of non-ortho nitro benzene ring substituents is 3. The Kier molecular flexibility index (Phi) is 79.1. The molecule has 0 spiro atoms. The van der Waals surface area contributed by atoms with Crippen molar-refractivity contribution in [1.29, 1.82) is 0 Å². The molecule has 4 N–H and O–H groups in total. The Labute approximate surface area is 528 Å². The maximum Gasteiger partial charge on any atom is 0.333 e. The van der Waals surface area contributed by atoms with Crippen LogP contribution in [0.25, 0.3) is 10.6 Å². The van der Waals surface area contributed by atoms with Gasteiger partial charge in [0, 0.05) is 170 Å². The van der Waals surface area contributed by atoms with Gasteiger partial charge in [-0.25, -0.2) is 19.2 Å². The van der Waals surface area contributed by atoms with Crippen LogP contribution in [0.1, 0.15) is 55.4 Å². The number of ether oxygens (including phenoxy) is 2. The molecule has 4 aliphatic heterocycles. The van der Waals surface area contributed by atoms with Crippen molar-refractivity contribution in [3.63, 3.8) is 0 Å². The summed E-state index contributed by atoms with van der Waals surface area (Å²) in [6, 6.07) is 23.8. The molecule has 0 fully saturated rings. The quantitative estimate of drug-likeness (QED) is 0.0739. The van der Waals surface area contributed by atoms with Gasteiger partial charge >= 0.3 is 23.9 Å². The smallest absolute Gasteiger partial charge is 0.333 e. The Bertz CT molecular complexity index is 1910. The minimum atomic E-state index is -0.801. The third-order valence-corrected chi connectivity index (χ3v) is 8.49. The third kappa shape index (κ3) is 47.1. The van der Waals surface area contributed by atoms with Crippen LogP contribution in [-0.2, 0) is 127 Å². The number of benzene rings is 3. The molecule has 0 atom stereocenters. The van der Waals surface area contributed by atoms with E-state index in [4.69, 9.17) is 10.2 Å². The number of carboxylic acid groups (broad SMARTS) is 2. The molecule has 3 aromatic rings. The monoisotopic (exact) mass is 1290 g/mol. The summed E-state index contributed by atoms with van der Waals surface area (Å²) in [4.78, 5) is 71.0. The summed E-state index contributed by atoms with van der Waals surface area (Å²) >= 11 is 0. The molecule has 0 bridgehead atoms. The number of nitrogens with zero attached hydrogens (tertiary/aromatic N) is 5. The van der Waals surface area contributed by atoms with Crippen molar-refractivity contribution in [3.8, 4) is 0 Å². The Hall–Kier alpha value is -4.15. The fraction of sp³-hybridized carbons (Fsp3) is 0.346. The average Bonchev–Trinajstić information content (AvgIpc) is 3.36. The number of hydrogen-bond donors (Lipinski definition) is 4. The Balaban J connectivity index is -0.0000000704. The Morgan fingerprint density at radius 3 is 0.921 bits per heavy atom. The molecule has 24 heteroatoms. The molecular weight excluding hydrogens is 1210 g/mol. The van der Waals surface area contributed by atoms with Crippen molar-refractivity contribution in [1.82, 2.24) is 10.6 Å². The molecule has 76 heavy (non-hydrogen) atoms. The van der Waals surface area contributed by atoms with Gasteiger partial charge in [-0.2, -0.15) is 0 Å².